The number of ether oxygens (including phenoxy) is 1. The summed E-state index contributed by atoms with van der Waals surface area (Å²) in [5.74, 6) is 7.48. The molecule has 0 amide bonds. The zero-order valence-corrected chi connectivity index (χ0v) is 20.7. The van der Waals surface area contributed by atoms with Gasteiger partial charge in [0.1, 0.15) is 5.60 Å². The van der Waals surface area contributed by atoms with Crippen molar-refractivity contribution < 1.29 is 19.0 Å². The van der Waals surface area contributed by atoms with Crippen LogP contribution in [0.5, 0.6) is 5.75 Å². The molecule has 4 aliphatic carbocycles. The molecule has 3 nitrogen and oxygen atoms in total. The summed E-state index contributed by atoms with van der Waals surface area (Å²) in [5, 5.41) is 11.9. The monoisotopic (exact) mass is 462 g/mol. The van der Waals surface area contributed by atoms with Crippen LogP contribution in [0.25, 0.3) is 0 Å². The van der Waals surface area contributed by atoms with Crippen LogP contribution >= 0.6 is 0 Å². The second-order valence-electron chi connectivity index (χ2n) is 11.2. The van der Waals surface area contributed by atoms with Crippen molar-refractivity contribution >= 4 is 5.78 Å². The number of carbonyl (C=O) groups excluding carboxylic acids is 1. The van der Waals surface area contributed by atoms with Gasteiger partial charge in [0.05, 0.1) is 7.11 Å². The van der Waals surface area contributed by atoms with E-state index in [-0.39, 0.29) is 34.6 Å². The Morgan fingerprint density at radius 2 is 2.00 bits per heavy atom. The van der Waals surface area contributed by atoms with Crippen LogP contribution in [0, 0.1) is 40.8 Å². The first-order valence-corrected chi connectivity index (χ1v) is 12.7. The largest absolute Gasteiger partial charge is 0.494 e. The molecule has 180 valence electrons. The lowest BCUT2D eigenvalue weighted by atomic mass is 9.51. The second kappa shape index (κ2) is 8.38. The predicted molar refractivity (Wildman–Crippen MR) is 131 cm³/mol. The molecule has 0 spiro atoms. The van der Waals surface area contributed by atoms with E-state index in [2.05, 4.69) is 32.6 Å². The Balaban J connectivity index is 1.67. The highest BCUT2D eigenvalue weighted by Gasteiger charge is 2.62. The van der Waals surface area contributed by atoms with Crippen molar-refractivity contribution in [2.75, 3.05) is 7.11 Å². The zero-order valence-electron chi connectivity index (χ0n) is 20.7. The van der Waals surface area contributed by atoms with Gasteiger partial charge < -0.3 is 9.84 Å². The number of fused-ring (bicyclic) bond motifs is 4. The van der Waals surface area contributed by atoms with E-state index in [0.29, 0.717) is 24.7 Å². The van der Waals surface area contributed by atoms with Gasteiger partial charge in [0, 0.05) is 23.7 Å². The summed E-state index contributed by atoms with van der Waals surface area (Å²) < 4.78 is 20.0. The van der Waals surface area contributed by atoms with Crippen molar-refractivity contribution in [2.45, 2.75) is 77.2 Å². The van der Waals surface area contributed by atoms with Crippen LogP contribution in [0.2, 0.25) is 0 Å². The quantitative estimate of drug-likeness (QED) is 0.538. The molecule has 0 aromatic heterocycles. The molecule has 4 aliphatic rings. The van der Waals surface area contributed by atoms with Crippen LogP contribution in [-0.2, 0) is 4.79 Å². The maximum absolute atomic E-state index is 14.9. The molecular formula is C30H35FO3. The lowest BCUT2D eigenvalue weighted by Gasteiger charge is -2.53. The summed E-state index contributed by atoms with van der Waals surface area (Å²) in [5.41, 5.74) is 3.39. The van der Waals surface area contributed by atoms with Crippen LogP contribution < -0.4 is 4.74 Å². The Hall–Kier alpha value is -2.38. The maximum atomic E-state index is 14.9. The van der Waals surface area contributed by atoms with Gasteiger partial charge in [-0.05, 0) is 85.3 Å². The number of carbonyl (C=O) groups is 1. The second-order valence-corrected chi connectivity index (χ2v) is 11.2. The SMILES string of the molecule is COc1ccc([C@H]2C[C@@]3(C)[C@@H](CC[C@@]3(O)C#CC(C)C)[C@@H]3CCC4=CC(=O)CCC4=C32)cc1F. The molecular weight excluding hydrogens is 427 g/mol. The number of benzene rings is 1. The van der Waals surface area contributed by atoms with Gasteiger partial charge in [-0.1, -0.05) is 44.3 Å². The fraction of sp³-hybridized carbons (Fsp3) is 0.567. The van der Waals surface area contributed by atoms with Crippen LogP contribution in [0.1, 0.15) is 77.2 Å². The lowest BCUT2D eigenvalue weighted by Crippen LogP contribution is -2.51. The summed E-state index contributed by atoms with van der Waals surface area (Å²) >= 11 is 0. The van der Waals surface area contributed by atoms with Gasteiger partial charge in [0.15, 0.2) is 17.3 Å². The van der Waals surface area contributed by atoms with Gasteiger partial charge in [0.2, 0.25) is 0 Å². The molecule has 0 heterocycles. The fourth-order valence-corrected chi connectivity index (χ4v) is 7.33. The van der Waals surface area contributed by atoms with Crippen molar-refractivity contribution in [2.24, 2.45) is 23.2 Å². The van der Waals surface area contributed by atoms with E-state index in [0.717, 1.165) is 37.7 Å². The number of ketones is 1. The fourth-order valence-electron chi connectivity index (χ4n) is 7.33. The van der Waals surface area contributed by atoms with Crippen LogP contribution in [-0.4, -0.2) is 23.6 Å². The number of rotatable bonds is 2. The molecule has 5 rings (SSSR count). The number of hydrogen-bond donors (Lipinski definition) is 1. The molecule has 0 radical (unpaired) electrons. The Bertz CT molecular complexity index is 1150. The standard InChI is InChI=1S/C30H35FO3/c1-18(2)11-13-30(33)14-12-25-23-8-5-19-15-21(32)7-9-22(19)28(23)24(17-29(25,30)3)20-6-10-27(34-4)26(31)16-20/h6,10,15-16,18,23-25,33H,5,7-9,12,14,17H2,1-4H3/t23-,24+,25-,29-,30-/m0/s1. The van der Waals surface area contributed by atoms with Gasteiger partial charge in [-0.3, -0.25) is 4.79 Å². The molecule has 5 atom stereocenters. The zero-order chi connectivity index (χ0) is 24.3. The lowest BCUT2D eigenvalue weighted by molar-refractivity contribution is -0.114. The Morgan fingerprint density at radius 3 is 2.71 bits per heavy atom. The van der Waals surface area contributed by atoms with Crippen LogP contribution in [0.15, 0.2) is 41.0 Å². The van der Waals surface area contributed by atoms with E-state index in [4.69, 9.17) is 4.74 Å². The molecule has 2 fully saturated rings. The molecule has 1 aromatic carbocycles. The van der Waals surface area contributed by atoms with E-state index < -0.39 is 5.60 Å². The molecule has 0 bridgehead atoms. The number of methoxy groups -OCH3 is 1. The highest BCUT2D eigenvalue weighted by molar-refractivity contribution is 5.93. The van der Waals surface area contributed by atoms with Crippen molar-refractivity contribution in [3.05, 3.63) is 52.4 Å². The Morgan fingerprint density at radius 1 is 1.21 bits per heavy atom. The van der Waals surface area contributed by atoms with E-state index in [9.17, 15) is 14.3 Å². The predicted octanol–water partition coefficient (Wildman–Crippen LogP) is 6.12. The highest BCUT2D eigenvalue weighted by Crippen LogP contribution is 2.66. The van der Waals surface area contributed by atoms with E-state index >= 15 is 0 Å². The summed E-state index contributed by atoms with van der Waals surface area (Å²) in [7, 11) is 1.48. The van der Waals surface area contributed by atoms with Gasteiger partial charge in [0.25, 0.3) is 0 Å². The molecule has 0 unspecified atom stereocenters. The van der Waals surface area contributed by atoms with Crippen LogP contribution in [0.3, 0.4) is 0 Å². The maximum Gasteiger partial charge on any atom is 0.165 e. The topological polar surface area (TPSA) is 46.5 Å². The van der Waals surface area contributed by atoms with E-state index in [1.54, 1.807) is 12.1 Å². The number of hydrogen-bond acceptors (Lipinski definition) is 3. The van der Waals surface area contributed by atoms with Gasteiger partial charge in [-0.15, -0.1) is 0 Å². The van der Waals surface area contributed by atoms with E-state index in [1.165, 1.54) is 23.8 Å². The van der Waals surface area contributed by atoms with Crippen molar-refractivity contribution in [1.82, 2.24) is 0 Å². The minimum atomic E-state index is -1.04. The average Bonchev–Trinajstić information content (AvgIpc) is 3.07. The third kappa shape index (κ3) is 3.55. The molecule has 0 saturated heterocycles. The van der Waals surface area contributed by atoms with Crippen molar-refractivity contribution in [3.63, 3.8) is 0 Å². The minimum absolute atomic E-state index is 0.0102. The summed E-state index contributed by atoms with van der Waals surface area (Å²) in [6.45, 7) is 6.32. The Kier molecular flexibility index (Phi) is 5.76. The van der Waals surface area contributed by atoms with Gasteiger partial charge >= 0.3 is 0 Å². The first-order valence-electron chi connectivity index (χ1n) is 12.7. The summed E-state index contributed by atoms with van der Waals surface area (Å²) in [4.78, 5) is 12.2. The smallest absolute Gasteiger partial charge is 0.165 e. The molecule has 34 heavy (non-hydrogen) atoms. The molecule has 4 heteroatoms. The minimum Gasteiger partial charge on any atom is -0.494 e. The molecule has 1 N–H and O–H groups in total. The first-order chi connectivity index (χ1) is 16.2. The van der Waals surface area contributed by atoms with Crippen molar-refractivity contribution in [3.8, 4) is 17.6 Å². The third-order valence-corrected chi connectivity index (χ3v) is 9.03. The normalized spacial score (nSPS) is 34.6. The van der Waals surface area contributed by atoms with Gasteiger partial charge in [-0.2, -0.15) is 0 Å². The van der Waals surface area contributed by atoms with Crippen LogP contribution in [0.4, 0.5) is 4.39 Å². The van der Waals surface area contributed by atoms with E-state index in [1.807, 2.05) is 12.1 Å². The summed E-state index contributed by atoms with van der Waals surface area (Å²) in [6, 6.07) is 5.29. The number of allylic oxidation sites excluding steroid dienone is 4. The number of halogens is 1. The molecule has 1 aromatic rings. The first kappa shape index (κ1) is 23.4. The summed E-state index contributed by atoms with van der Waals surface area (Å²) in [6.07, 6.45) is 7.39. The molecule has 2 saturated carbocycles. The highest BCUT2D eigenvalue weighted by atomic mass is 19.1. The van der Waals surface area contributed by atoms with Crippen molar-refractivity contribution in [1.29, 1.82) is 0 Å². The third-order valence-electron chi connectivity index (χ3n) is 9.03. The average molecular weight is 463 g/mol. The van der Waals surface area contributed by atoms with Gasteiger partial charge in [-0.25, -0.2) is 4.39 Å². The molecule has 0 aliphatic heterocycles. The number of aliphatic hydroxyl groups is 1. The Labute approximate surface area is 202 Å².